The van der Waals surface area contributed by atoms with Crippen molar-refractivity contribution in [1.29, 1.82) is 0 Å². The lowest BCUT2D eigenvalue weighted by molar-refractivity contribution is -0.150. The number of rotatable bonds is 3. The first-order valence-corrected chi connectivity index (χ1v) is 6.98. The van der Waals surface area contributed by atoms with Gasteiger partial charge in [0, 0.05) is 17.7 Å². The van der Waals surface area contributed by atoms with E-state index in [-0.39, 0.29) is 18.0 Å². The van der Waals surface area contributed by atoms with Gasteiger partial charge in [-0.1, -0.05) is 0 Å². The summed E-state index contributed by atoms with van der Waals surface area (Å²) in [5.74, 6) is -3.85. The van der Waals surface area contributed by atoms with Crippen LogP contribution in [0.5, 0.6) is 0 Å². The van der Waals surface area contributed by atoms with Crippen LogP contribution < -0.4 is 0 Å². The van der Waals surface area contributed by atoms with E-state index in [1.54, 1.807) is 0 Å². The van der Waals surface area contributed by atoms with Crippen molar-refractivity contribution in [2.45, 2.75) is 56.6 Å². The standard InChI is InChI=1S/C13H14F6N2O/c14-7(6-1-2-6)5-21-8-3-4-12(15,16)11(22)9(8)10(20-21)13(17,18)19/h6-7,11,22H,1-5H2. The fourth-order valence-electron chi connectivity index (χ4n) is 2.83. The Morgan fingerprint density at radius 2 is 1.95 bits per heavy atom. The van der Waals surface area contributed by atoms with Crippen LogP contribution in [0.4, 0.5) is 26.3 Å². The number of aliphatic hydroxyl groups is 1. The molecule has 0 radical (unpaired) electrons. The zero-order valence-corrected chi connectivity index (χ0v) is 11.4. The molecule has 2 aliphatic rings. The van der Waals surface area contributed by atoms with Crippen molar-refractivity contribution in [3.8, 4) is 0 Å². The van der Waals surface area contributed by atoms with E-state index >= 15 is 0 Å². The van der Waals surface area contributed by atoms with Crippen LogP contribution in [-0.2, 0) is 19.1 Å². The second-order valence-corrected chi connectivity index (χ2v) is 5.91. The molecule has 1 N–H and O–H groups in total. The summed E-state index contributed by atoms with van der Waals surface area (Å²) in [5, 5.41) is 12.9. The molecule has 0 saturated heterocycles. The molecule has 0 bridgehead atoms. The maximum atomic E-state index is 13.8. The topological polar surface area (TPSA) is 38.1 Å². The molecule has 1 fully saturated rings. The number of aliphatic hydroxyl groups excluding tert-OH is 1. The highest BCUT2D eigenvalue weighted by atomic mass is 19.4. The highest BCUT2D eigenvalue weighted by Crippen LogP contribution is 2.46. The van der Waals surface area contributed by atoms with E-state index in [0.29, 0.717) is 12.8 Å². The van der Waals surface area contributed by atoms with E-state index < -0.39 is 48.6 Å². The number of fused-ring (bicyclic) bond motifs is 1. The first kappa shape index (κ1) is 15.6. The van der Waals surface area contributed by atoms with Crippen LogP contribution in [-0.4, -0.2) is 27.0 Å². The van der Waals surface area contributed by atoms with Crippen LogP contribution in [0.25, 0.3) is 0 Å². The largest absolute Gasteiger partial charge is 0.435 e. The van der Waals surface area contributed by atoms with Gasteiger partial charge in [0.2, 0.25) is 0 Å². The fourth-order valence-corrected chi connectivity index (χ4v) is 2.83. The molecule has 0 aromatic carbocycles. The molecule has 0 aliphatic heterocycles. The first-order valence-electron chi connectivity index (χ1n) is 6.98. The van der Waals surface area contributed by atoms with Gasteiger partial charge in [0.1, 0.15) is 12.3 Å². The lowest BCUT2D eigenvalue weighted by atomic mass is 9.89. The molecule has 1 aromatic heterocycles. The molecule has 2 aliphatic carbocycles. The molecule has 1 saturated carbocycles. The number of aromatic nitrogens is 2. The number of halogens is 6. The number of hydrogen-bond acceptors (Lipinski definition) is 2. The molecule has 3 nitrogen and oxygen atoms in total. The van der Waals surface area contributed by atoms with Crippen molar-refractivity contribution in [3.63, 3.8) is 0 Å². The maximum Gasteiger partial charge on any atom is 0.435 e. The highest BCUT2D eigenvalue weighted by Gasteiger charge is 2.51. The minimum absolute atomic E-state index is 0.144. The Labute approximate surface area is 121 Å². The van der Waals surface area contributed by atoms with Gasteiger partial charge in [-0.3, -0.25) is 4.68 Å². The lowest BCUT2D eigenvalue weighted by Gasteiger charge is -2.28. The van der Waals surface area contributed by atoms with Crippen molar-refractivity contribution < 1.29 is 31.4 Å². The summed E-state index contributed by atoms with van der Waals surface area (Å²) in [6.07, 6.45) is -8.74. The molecular formula is C13H14F6N2O. The zero-order chi connectivity index (χ0) is 16.3. The quantitative estimate of drug-likeness (QED) is 0.865. The van der Waals surface area contributed by atoms with Gasteiger partial charge in [-0.15, -0.1) is 0 Å². The molecule has 2 atom stereocenters. The summed E-state index contributed by atoms with van der Waals surface area (Å²) in [6.45, 7) is -0.401. The van der Waals surface area contributed by atoms with Gasteiger partial charge >= 0.3 is 6.18 Å². The number of nitrogens with zero attached hydrogens (tertiary/aromatic N) is 2. The third-order valence-electron chi connectivity index (χ3n) is 4.22. The van der Waals surface area contributed by atoms with Crippen molar-refractivity contribution in [2.24, 2.45) is 5.92 Å². The van der Waals surface area contributed by atoms with E-state index in [1.165, 1.54) is 0 Å². The van der Waals surface area contributed by atoms with E-state index in [0.717, 1.165) is 4.68 Å². The van der Waals surface area contributed by atoms with Gasteiger partial charge in [-0.05, 0) is 25.2 Å². The summed E-state index contributed by atoms with van der Waals surface area (Å²) >= 11 is 0. The van der Waals surface area contributed by atoms with Gasteiger partial charge in [0.25, 0.3) is 5.92 Å². The summed E-state index contributed by atoms with van der Waals surface area (Å²) in [7, 11) is 0. The summed E-state index contributed by atoms with van der Waals surface area (Å²) < 4.78 is 80.7. The van der Waals surface area contributed by atoms with E-state index in [2.05, 4.69) is 5.10 Å². The Hall–Kier alpha value is -1.25. The van der Waals surface area contributed by atoms with Gasteiger partial charge in [0.15, 0.2) is 5.69 Å². The minimum atomic E-state index is -4.98. The zero-order valence-electron chi connectivity index (χ0n) is 11.4. The maximum absolute atomic E-state index is 13.8. The normalized spacial score (nSPS) is 25.9. The van der Waals surface area contributed by atoms with E-state index in [1.807, 2.05) is 0 Å². The predicted molar refractivity (Wildman–Crippen MR) is 63.1 cm³/mol. The van der Waals surface area contributed by atoms with Crippen LogP contribution in [0.15, 0.2) is 0 Å². The third kappa shape index (κ3) is 2.59. The Bertz CT molecular complexity index is 578. The second-order valence-electron chi connectivity index (χ2n) is 5.91. The van der Waals surface area contributed by atoms with E-state index in [9.17, 15) is 31.4 Å². The van der Waals surface area contributed by atoms with Crippen molar-refractivity contribution in [3.05, 3.63) is 17.0 Å². The monoisotopic (exact) mass is 328 g/mol. The van der Waals surface area contributed by atoms with E-state index in [4.69, 9.17) is 0 Å². The fraction of sp³-hybridized carbons (Fsp3) is 0.769. The molecule has 3 rings (SSSR count). The SMILES string of the molecule is OC1c2c(C(F)(F)F)nn(CC(F)C3CC3)c2CCC1(F)F. The Morgan fingerprint density at radius 3 is 2.50 bits per heavy atom. The van der Waals surface area contributed by atoms with Crippen molar-refractivity contribution in [1.82, 2.24) is 9.78 Å². The molecule has 22 heavy (non-hydrogen) atoms. The van der Waals surface area contributed by atoms with Crippen LogP contribution >= 0.6 is 0 Å². The predicted octanol–water partition coefficient (Wildman–Crippen LogP) is 3.26. The molecule has 2 unspecified atom stereocenters. The van der Waals surface area contributed by atoms with Gasteiger partial charge in [-0.2, -0.15) is 18.3 Å². The van der Waals surface area contributed by atoms with Crippen LogP contribution in [0.1, 0.15) is 42.3 Å². The highest BCUT2D eigenvalue weighted by molar-refractivity contribution is 5.35. The van der Waals surface area contributed by atoms with Gasteiger partial charge < -0.3 is 5.11 Å². The van der Waals surface area contributed by atoms with Gasteiger partial charge in [-0.25, -0.2) is 13.2 Å². The summed E-state index contributed by atoms with van der Waals surface area (Å²) in [5.41, 5.74) is -2.60. The molecular weight excluding hydrogens is 314 g/mol. The van der Waals surface area contributed by atoms with Crippen molar-refractivity contribution in [2.75, 3.05) is 0 Å². The first-order chi connectivity index (χ1) is 10.1. The number of hydrogen-bond donors (Lipinski definition) is 1. The van der Waals surface area contributed by atoms with Crippen molar-refractivity contribution >= 4 is 0 Å². The lowest BCUT2D eigenvalue weighted by Crippen LogP contribution is -2.33. The summed E-state index contributed by atoms with van der Waals surface area (Å²) in [4.78, 5) is 0. The Kier molecular flexibility index (Phi) is 3.46. The van der Waals surface area contributed by atoms with Crippen LogP contribution in [0, 0.1) is 5.92 Å². The molecule has 9 heteroatoms. The van der Waals surface area contributed by atoms with Gasteiger partial charge in [0.05, 0.1) is 6.54 Å². The molecule has 1 heterocycles. The Morgan fingerprint density at radius 1 is 1.32 bits per heavy atom. The Balaban J connectivity index is 2.02. The average Bonchev–Trinajstić information content (AvgIpc) is 3.16. The minimum Gasteiger partial charge on any atom is -0.382 e. The van der Waals surface area contributed by atoms with Crippen LogP contribution in [0.2, 0.25) is 0 Å². The molecule has 0 amide bonds. The smallest absolute Gasteiger partial charge is 0.382 e. The molecule has 1 aromatic rings. The number of alkyl halides is 6. The second kappa shape index (κ2) is 4.87. The summed E-state index contributed by atoms with van der Waals surface area (Å²) in [6, 6.07) is 0. The third-order valence-corrected chi connectivity index (χ3v) is 4.22. The van der Waals surface area contributed by atoms with Crippen LogP contribution in [0.3, 0.4) is 0 Å². The molecule has 124 valence electrons. The average molecular weight is 328 g/mol. The molecule has 0 spiro atoms.